The highest BCUT2D eigenvalue weighted by atomic mass is 19.4. The maximum Gasteiger partial charge on any atom is 0.389 e. The number of halogens is 4. The molecular weight excluding hydrogens is 344 g/mol. The average molecular weight is 364 g/mol. The van der Waals surface area contributed by atoms with Crippen molar-refractivity contribution in [1.82, 2.24) is 0 Å². The van der Waals surface area contributed by atoms with Crippen LogP contribution in [-0.4, -0.2) is 25.7 Å². The van der Waals surface area contributed by atoms with Crippen molar-refractivity contribution in [3.63, 3.8) is 0 Å². The van der Waals surface area contributed by atoms with E-state index in [1.807, 2.05) is 0 Å². The SMILES string of the molecule is C=Nc1cc(CCC(F)(F)F)ccc1C(=NC)c1cc(C)c(F)c(C)c1. The fourth-order valence-corrected chi connectivity index (χ4v) is 2.84. The molecule has 0 amide bonds. The molecule has 0 aliphatic rings. The Bertz CT molecular complexity index is 828. The van der Waals surface area contributed by atoms with Crippen molar-refractivity contribution >= 4 is 18.1 Å². The summed E-state index contributed by atoms with van der Waals surface area (Å²) in [6.45, 7) is 6.86. The fraction of sp³-hybridized carbons (Fsp3) is 0.300. The Kier molecular flexibility index (Phi) is 5.95. The van der Waals surface area contributed by atoms with Crippen LogP contribution in [0.3, 0.4) is 0 Å². The monoisotopic (exact) mass is 364 g/mol. The van der Waals surface area contributed by atoms with Gasteiger partial charge in [-0.1, -0.05) is 12.1 Å². The normalized spacial score (nSPS) is 12.3. The summed E-state index contributed by atoms with van der Waals surface area (Å²) in [6, 6.07) is 8.28. The highest BCUT2D eigenvalue weighted by Gasteiger charge is 2.26. The molecule has 0 N–H and O–H groups in total. The van der Waals surface area contributed by atoms with Crippen molar-refractivity contribution < 1.29 is 17.6 Å². The predicted octanol–water partition coefficient (Wildman–Crippen LogP) is 5.74. The van der Waals surface area contributed by atoms with Gasteiger partial charge in [-0.15, -0.1) is 0 Å². The van der Waals surface area contributed by atoms with E-state index in [1.165, 1.54) is 0 Å². The molecule has 138 valence electrons. The standard InChI is InChI=1S/C20H20F4N2/c1-12-9-15(10-13(2)18(12)21)19(26-4)16-6-5-14(11-17(16)25-3)7-8-20(22,23)24/h5-6,9-11H,3,7-8H2,1-2,4H3. The third-order valence-corrected chi connectivity index (χ3v) is 4.12. The molecule has 2 nitrogen and oxygen atoms in total. The van der Waals surface area contributed by atoms with Gasteiger partial charge >= 0.3 is 6.18 Å². The zero-order chi connectivity index (χ0) is 19.5. The average Bonchev–Trinajstić information content (AvgIpc) is 2.58. The quantitative estimate of drug-likeness (QED) is 0.478. The van der Waals surface area contributed by atoms with Gasteiger partial charge in [0.25, 0.3) is 0 Å². The summed E-state index contributed by atoms with van der Waals surface area (Å²) in [7, 11) is 1.60. The summed E-state index contributed by atoms with van der Waals surface area (Å²) < 4.78 is 51.2. The second-order valence-corrected chi connectivity index (χ2v) is 6.12. The number of rotatable bonds is 5. The van der Waals surface area contributed by atoms with Crippen LogP contribution >= 0.6 is 0 Å². The molecule has 0 saturated carbocycles. The maximum absolute atomic E-state index is 13.9. The highest BCUT2D eigenvalue weighted by molar-refractivity contribution is 6.15. The van der Waals surface area contributed by atoms with Crippen LogP contribution in [0, 0.1) is 19.7 Å². The second kappa shape index (κ2) is 7.81. The van der Waals surface area contributed by atoms with E-state index in [9.17, 15) is 17.6 Å². The number of benzene rings is 2. The van der Waals surface area contributed by atoms with E-state index < -0.39 is 12.6 Å². The number of aryl methyl sites for hydroxylation is 3. The number of alkyl halides is 3. The summed E-state index contributed by atoms with van der Waals surface area (Å²) >= 11 is 0. The molecule has 2 aromatic rings. The minimum atomic E-state index is -4.21. The molecule has 2 aromatic carbocycles. The van der Waals surface area contributed by atoms with Gasteiger partial charge in [-0.2, -0.15) is 13.2 Å². The van der Waals surface area contributed by atoms with E-state index in [0.717, 1.165) is 5.56 Å². The zero-order valence-electron chi connectivity index (χ0n) is 14.9. The van der Waals surface area contributed by atoms with Crippen molar-refractivity contribution in [2.24, 2.45) is 9.98 Å². The van der Waals surface area contributed by atoms with Gasteiger partial charge in [0.2, 0.25) is 0 Å². The van der Waals surface area contributed by atoms with Gasteiger partial charge in [-0.05, 0) is 61.9 Å². The number of hydrogen-bond acceptors (Lipinski definition) is 2. The topological polar surface area (TPSA) is 24.7 Å². The maximum atomic E-state index is 13.9. The van der Waals surface area contributed by atoms with Crippen LogP contribution in [0.15, 0.2) is 40.3 Å². The van der Waals surface area contributed by atoms with Gasteiger partial charge < -0.3 is 0 Å². The van der Waals surface area contributed by atoms with E-state index in [-0.39, 0.29) is 12.2 Å². The van der Waals surface area contributed by atoms with Gasteiger partial charge in [0.1, 0.15) is 5.82 Å². The summed E-state index contributed by atoms with van der Waals surface area (Å²) in [5.74, 6) is -0.270. The van der Waals surface area contributed by atoms with E-state index in [2.05, 4.69) is 16.7 Å². The Morgan fingerprint density at radius 3 is 2.19 bits per heavy atom. The molecule has 0 unspecified atom stereocenters. The van der Waals surface area contributed by atoms with Crippen LogP contribution in [0.25, 0.3) is 0 Å². The van der Waals surface area contributed by atoms with E-state index in [1.54, 1.807) is 51.2 Å². The molecule has 0 atom stereocenters. The van der Waals surface area contributed by atoms with Gasteiger partial charge in [0.05, 0.1) is 11.4 Å². The first-order chi connectivity index (χ1) is 12.2. The summed E-state index contributed by atoms with van der Waals surface area (Å²) in [5, 5.41) is 0. The number of nitrogens with zero attached hydrogens (tertiary/aromatic N) is 2. The van der Waals surface area contributed by atoms with E-state index in [0.29, 0.717) is 33.7 Å². The molecule has 0 saturated heterocycles. The highest BCUT2D eigenvalue weighted by Crippen LogP contribution is 2.28. The first kappa shape index (κ1) is 19.8. The Labute approximate surface area is 150 Å². The lowest BCUT2D eigenvalue weighted by Gasteiger charge is -2.13. The Morgan fingerprint density at radius 2 is 1.69 bits per heavy atom. The van der Waals surface area contributed by atoms with E-state index in [4.69, 9.17) is 0 Å². The smallest absolute Gasteiger partial charge is 0.287 e. The lowest BCUT2D eigenvalue weighted by molar-refractivity contribution is -0.133. The molecule has 0 fully saturated rings. The molecule has 26 heavy (non-hydrogen) atoms. The Morgan fingerprint density at radius 1 is 1.08 bits per heavy atom. The fourth-order valence-electron chi connectivity index (χ4n) is 2.84. The molecule has 0 aromatic heterocycles. The van der Waals surface area contributed by atoms with Crippen molar-refractivity contribution in [3.05, 3.63) is 64.0 Å². The molecule has 2 rings (SSSR count). The first-order valence-corrected chi connectivity index (χ1v) is 8.07. The summed E-state index contributed by atoms with van der Waals surface area (Å²) in [6.07, 6.45) is -5.23. The van der Waals surface area contributed by atoms with Crippen LogP contribution in [0.4, 0.5) is 23.2 Å². The van der Waals surface area contributed by atoms with Gasteiger partial charge in [-0.3, -0.25) is 9.98 Å². The largest absolute Gasteiger partial charge is 0.389 e. The van der Waals surface area contributed by atoms with Gasteiger partial charge in [0, 0.05) is 24.6 Å². The van der Waals surface area contributed by atoms with Crippen LogP contribution in [0.1, 0.15) is 34.2 Å². The molecular formula is C20H20F4N2. The lowest BCUT2D eigenvalue weighted by atomic mass is 9.95. The van der Waals surface area contributed by atoms with Crippen LogP contribution in [0.2, 0.25) is 0 Å². The number of hydrogen-bond donors (Lipinski definition) is 0. The molecule has 0 aliphatic carbocycles. The first-order valence-electron chi connectivity index (χ1n) is 8.07. The summed E-state index contributed by atoms with van der Waals surface area (Å²) in [4.78, 5) is 8.24. The minimum absolute atomic E-state index is 0.125. The van der Waals surface area contributed by atoms with Gasteiger partial charge in [0.15, 0.2) is 0 Å². The Balaban J connectivity index is 2.44. The molecule has 6 heteroatoms. The molecule has 0 radical (unpaired) electrons. The molecule has 0 bridgehead atoms. The van der Waals surface area contributed by atoms with Crippen LogP contribution in [0.5, 0.6) is 0 Å². The zero-order valence-corrected chi connectivity index (χ0v) is 14.9. The third-order valence-electron chi connectivity index (χ3n) is 4.12. The lowest BCUT2D eigenvalue weighted by Crippen LogP contribution is -2.09. The predicted molar refractivity (Wildman–Crippen MR) is 97.5 cm³/mol. The van der Waals surface area contributed by atoms with Crippen molar-refractivity contribution in [3.8, 4) is 0 Å². The van der Waals surface area contributed by atoms with E-state index >= 15 is 0 Å². The van der Waals surface area contributed by atoms with Crippen molar-refractivity contribution in [1.29, 1.82) is 0 Å². The molecule has 0 heterocycles. The van der Waals surface area contributed by atoms with Crippen molar-refractivity contribution in [2.75, 3.05) is 7.05 Å². The van der Waals surface area contributed by atoms with Crippen LogP contribution in [-0.2, 0) is 6.42 Å². The summed E-state index contributed by atoms with van der Waals surface area (Å²) in [5.41, 5.74) is 3.91. The van der Waals surface area contributed by atoms with Gasteiger partial charge in [-0.25, -0.2) is 4.39 Å². The Hall–Kier alpha value is -2.50. The minimum Gasteiger partial charge on any atom is -0.287 e. The van der Waals surface area contributed by atoms with Crippen molar-refractivity contribution in [2.45, 2.75) is 32.9 Å². The second-order valence-electron chi connectivity index (χ2n) is 6.12. The third kappa shape index (κ3) is 4.56. The van der Waals surface area contributed by atoms with Crippen LogP contribution < -0.4 is 0 Å². The molecule has 0 spiro atoms. The molecule has 0 aliphatic heterocycles. The number of aliphatic imine (C=N–C) groups is 2.